The Morgan fingerprint density at radius 3 is 2.73 bits per heavy atom. The molecule has 0 unspecified atom stereocenters. The third-order valence-corrected chi connectivity index (χ3v) is 2.57. The standard InChI is InChI=1S/C11H12FNO2/c12-9-1-2-10(13-7-9)11(14)8-3-5-15-6-4-8/h1-2,7-8H,3-6H2. The number of nitrogens with zero attached hydrogens (tertiary/aromatic N) is 1. The van der Waals surface area contributed by atoms with E-state index < -0.39 is 5.82 Å². The Balaban J connectivity index is 2.09. The number of Topliss-reactive ketones (excluding diaryl/α,β-unsaturated/α-hetero) is 1. The van der Waals surface area contributed by atoms with Crippen molar-refractivity contribution in [3.05, 3.63) is 29.8 Å². The van der Waals surface area contributed by atoms with E-state index in [-0.39, 0.29) is 11.7 Å². The highest BCUT2D eigenvalue weighted by Crippen LogP contribution is 2.19. The Morgan fingerprint density at radius 1 is 1.40 bits per heavy atom. The summed E-state index contributed by atoms with van der Waals surface area (Å²) in [6, 6.07) is 2.70. The van der Waals surface area contributed by atoms with Crippen molar-refractivity contribution < 1.29 is 13.9 Å². The maximum absolute atomic E-state index is 12.6. The number of pyridine rings is 1. The topological polar surface area (TPSA) is 39.2 Å². The zero-order chi connectivity index (χ0) is 10.7. The summed E-state index contributed by atoms with van der Waals surface area (Å²) in [5.74, 6) is -0.437. The molecule has 0 saturated carbocycles. The van der Waals surface area contributed by atoms with Gasteiger partial charge >= 0.3 is 0 Å². The smallest absolute Gasteiger partial charge is 0.184 e. The molecule has 2 rings (SSSR count). The summed E-state index contributed by atoms with van der Waals surface area (Å²) in [7, 11) is 0. The van der Waals surface area contributed by atoms with Crippen LogP contribution in [0.1, 0.15) is 23.3 Å². The predicted molar refractivity (Wildman–Crippen MR) is 52.1 cm³/mol. The summed E-state index contributed by atoms with van der Waals surface area (Å²) >= 11 is 0. The molecule has 0 N–H and O–H groups in total. The van der Waals surface area contributed by atoms with Gasteiger partial charge in [-0.1, -0.05) is 0 Å². The van der Waals surface area contributed by atoms with E-state index in [1.54, 1.807) is 0 Å². The third kappa shape index (κ3) is 2.39. The summed E-state index contributed by atoms with van der Waals surface area (Å²) in [6.07, 6.45) is 2.54. The molecule has 1 aliphatic rings. The molecule has 2 heterocycles. The van der Waals surface area contributed by atoms with Crippen LogP contribution in [0, 0.1) is 11.7 Å². The van der Waals surface area contributed by atoms with Gasteiger partial charge in [0.1, 0.15) is 11.5 Å². The number of hydrogen-bond acceptors (Lipinski definition) is 3. The highest BCUT2D eigenvalue weighted by Gasteiger charge is 2.23. The lowest BCUT2D eigenvalue weighted by Crippen LogP contribution is -2.24. The lowest BCUT2D eigenvalue weighted by Gasteiger charge is -2.20. The largest absolute Gasteiger partial charge is 0.381 e. The molecule has 0 amide bonds. The Hall–Kier alpha value is -1.29. The van der Waals surface area contributed by atoms with Crippen LogP contribution in [-0.4, -0.2) is 24.0 Å². The van der Waals surface area contributed by atoms with Crippen LogP contribution in [0.5, 0.6) is 0 Å². The maximum Gasteiger partial charge on any atom is 0.184 e. The third-order valence-electron chi connectivity index (χ3n) is 2.57. The van der Waals surface area contributed by atoms with Crippen LogP contribution in [0.25, 0.3) is 0 Å². The summed E-state index contributed by atoms with van der Waals surface area (Å²) in [5.41, 5.74) is 0.350. The molecule has 1 aromatic heterocycles. The Labute approximate surface area is 87.3 Å². The number of carbonyl (C=O) groups excluding carboxylic acids is 1. The highest BCUT2D eigenvalue weighted by molar-refractivity contribution is 5.96. The molecule has 4 heteroatoms. The average molecular weight is 209 g/mol. The van der Waals surface area contributed by atoms with Gasteiger partial charge in [-0.15, -0.1) is 0 Å². The zero-order valence-electron chi connectivity index (χ0n) is 8.28. The maximum atomic E-state index is 12.6. The number of halogens is 1. The molecule has 0 bridgehead atoms. The van der Waals surface area contributed by atoms with E-state index in [0.717, 1.165) is 19.0 Å². The Kier molecular flexibility index (Phi) is 3.06. The molecule has 3 nitrogen and oxygen atoms in total. The predicted octanol–water partition coefficient (Wildman–Crippen LogP) is 1.83. The number of ether oxygens (including phenoxy) is 1. The number of carbonyl (C=O) groups is 1. The second-order valence-corrected chi connectivity index (χ2v) is 3.61. The molecule has 80 valence electrons. The Morgan fingerprint density at radius 2 is 2.13 bits per heavy atom. The van der Waals surface area contributed by atoms with Crippen molar-refractivity contribution in [3.8, 4) is 0 Å². The van der Waals surface area contributed by atoms with E-state index in [9.17, 15) is 9.18 Å². The van der Waals surface area contributed by atoms with Crippen LogP contribution >= 0.6 is 0 Å². The van der Waals surface area contributed by atoms with Crippen molar-refractivity contribution in [2.75, 3.05) is 13.2 Å². The minimum atomic E-state index is -0.418. The fourth-order valence-corrected chi connectivity index (χ4v) is 1.69. The van der Waals surface area contributed by atoms with Crippen LogP contribution in [-0.2, 0) is 4.74 Å². The van der Waals surface area contributed by atoms with E-state index in [0.29, 0.717) is 18.9 Å². The van der Waals surface area contributed by atoms with Gasteiger partial charge in [0, 0.05) is 19.1 Å². The molecule has 0 aromatic carbocycles. The number of ketones is 1. The van der Waals surface area contributed by atoms with E-state index in [2.05, 4.69) is 4.98 Å². The summed E-state index contributed by atoms with van der Waals surface area (Å²) in [6.45, 7) is 1.25. The Bertz CT molecular complexity index is 344. The first-order chi connectivity index (χ1) is 7.27. The van der Waals surface area contributed by atoms with Crippen LogP contribution < -0.4 is 0 Å². The molecule has 1 aliphatic heterocycles. The molecule has 15 heavy (non-hydrogen) atoms. The first kappa shape index (κ1) is 10.2. The van der Waals surface area contributed by atoms with E-state index in [1.807, 2.05) is 0 Å². The minimum Gasteiger partial charge on any atom is -0.381 e. The first-order valence-electron chi connectivity index (χ1n) is 5.01. The quantitative estimate of drug-likeness (QED) is 0.697. The lowest BCUT2D eigenvalue weighted by atomic mass is 9.93. The van der Waals surface area contributed by atoms with Gasteiger partial charge in [0.2, 0.25) is 0 Å². The summed E-state index contributed by atoms with van der Waals surface area (Å²) < 4.78 is 17.8. The number of hydrogen-bond donors (Lipinski definition) is 0. The van der Waals surface area contributed by atoms with E-state index in [4.69, 9.17) is 4.74 Å². The fourth-order valence-electron chi connectivity index (χ4n) is 1.69. The fraction of sp³-hybridized carbons (Fsp3) is 0.455. The van der Waals surface area contributed by atoms with Gasteiger partial charge in [0.25, 0.3) is 0 Å². The molecule has 0 atom stereocenters. The highest BCUT2D eigenvalue weighted by atomic mass is 19.1. The SMILES string of the molecule is O=C(c1ccc(F)cn1)C1CCOCC1. The average Bonchev–Trinajstić information content (AvgIpc) is 2.30. The van der Waals surface area contributed by atoms with Crippen LogP contribution in [0.15, 0.2) is 18.3 Å². The van der Waals surface area contributed by atoms with Crippen molar-refractivity contribution in [3.63, 3.8) is 0 Å². The van der Waals surface area contributed by atoms with E-state index in [1.165, 1.54) is 12.1 Å². The zero-order valence-corrected chi connectivity index (χ0v) is 8.28. The first-order valence-corrected chi connectivity index (χ1v) is 5.01. The van der Waals surface area contributed by atoms with Crippen molar-refractivity contribution in [1.82, 2.24) is 4.98 Å². The molecule has 1 fully saturated rings. The van der Waals surface area contributed by atoms with Gasteiger partial charge in [-0.25, -0.2) is 4.39 Å². The second kappa shape index (κ2) is 4.49. The molecule has 0 aliphatic carbocycles. The normalized spacial score (nSPS) is 17.7. The van der Waals surface area contributed by atoms with Gasteiger partial charge in [0.15, 0.2) is 5.78 Å². The number of rotatable bonds is 2. The molecule has 0 spiro atoms. The molecule has 0 radical (unpaired) electrons. The molecule has 1 aromatic rings. The summed E-state index contributed by atoms with van der Waals surface area (Å²) in [4.78, 5) is 15.7. The van der Waals surface area contributed by atoms with Gasteiger partial charge < -0.3 is 4.74 Å². The van der Waals surface area contributed by atoms with Crippen LogP contribution in [0.3, 0.4) is 0 Å². The van der Waals surface area contributed by atoms with Gasteiger partial charge in [-0.2, -0.15) is 0 Å². The van der Waals surface area contributed by atoms with Crippen molar-refractivity contribution in [2.24, 2.45) is 5.92 Å². The monoisotopic (exact) mass is 209 g/mol. The molecule has 1 saturated heterocycles. The van der Waals surface area contributed by atoms with Gasteiger partial charge in [0.05, 0.1) is 6.20 Å². The number of aromatic nitrogens is 1. The van der Waals surface area contributed by atoms with Crippen LogP contribution in [0.2, 0.25) is 0 Å². The van der Waals surface area contributed by atoms with E-state index >= 15 is 0 Å². The van der Waals surface area contributed by atoms with Gasteiger partial charge in [-0.05, 0) is 25.0 Å². The molecular weight excluding hydrogens is 197 g/mol. The molecular formula is C11H12FNO2. The second-order valence-electron chi connectivity index (χ2n) is 3.61. The van der Waals surface area contributed by atoms with Crippen molar-refractivity contribution >= 4 is 5.78 Å². The van der Waals surface area contributed by atoms with Gasteiger partial charge in [-0.3, -0.25) is 9.78 Å². The van der Waals surface area contributed by atoms with Crippen LogP contribution in [0.4, 0.5) is 4.39 Å². The minimum absolute atomic E-state index is 0.00157. The van der Waals surface area contributed by atoms with Crippen molar-refractivity contribution in [2.45, 2.75) is 12.8 Å². The summed E-state index contributed by atoms with van der Waals surface area (Å²) in [5, 5.41) is 0. The lowest BCUT2D eigenvalue weighted by molar-refractivity contribution is 0.0541. The van der Waals surface area contributed by atoms with Crippen molar-refractivity contribution in [1.29, 1.82) is 0 Å².